The molecule has 2 aromatic heterocycles. The number of nitrogens with zero attached hydrogens (tertiary/aromatic N) is 4. The molecule has 5 heterocycles. The van der Waals surface area contributed by atoms with Crippen LogP contribution in [0.4, 0.5) is 9.59 Å². The molecule has 16 nitrogen and oxygen atoms in total. The van der Waals surface area contributed by atoms with Gasteiger partial charge in [-0.15, -0.1) is 0 Å². The fourth-order valence-corrected chi connectivity index (χ4v) is 7.95. The maximum atomic E-state index is 13.6. The Morgan fingerprint density at radius 1 is 0.754 bits per heavy atom. The number of H-pyrrole nitrogens is 2. The molecule has 0 spiro atoms. The van der Waals surface area contributed by atoms with Crippen molar-refractivity contribution in [3.05, 3.63) is 60.4 Å². The third-order valence-corrected chi connectivity index (χ3v) is 11.0. The number of likely N-dealkylation sites (tertiary alicyclic amines) is 2. The SMILES string of the molecule is CCC(NC(=O)OC)C(=O)N1CCCC1c1ncc(-c2ccc(-c3ccc(-c4cnc(C5CCCN5C(=O)C(NC(=O)OC)C(C)C)[nH]4)cc3)c3c2OCCO3)[nH]1. The number of benzene rings is 2. The summed E-state index contributed by atoms with van der Waals surface area (Å²) in [6, 6.07) is 10.2. The molecular formula is C41H50N8O8. The minimum absolute atomic E-state index is 0.119. The Balaban J connectivity index is 1.08. The zero-order valence-corrected chi connectivity index (χ0v) is 32.9. The summed E-state index contributed by atoms with van der Waals surface area (Å²) in [7, 11) is 2.56. The topological polar surface area (TPSA) is 193 Å². The molecule has 7 rings (SSSR count). The lowest BCUT2D eigenvalue weighted by molar-refractivity contribution is -0.135. The number of alkyl carbamates (subject to hydrolysis) is 2. The van der Waals surface area contributed by atoms with Gasteiger partial charge in [0.1, 0.15) is 36.9 Å². The molecule has 3 aliphatic heterocycles. The molecule has 0 aliphatic carbocycles. The van der Waals surface area contributed by atoms with Gasteiger partial charge in [0.15, 0.2) is 11.5 Å². The quantitative estimate of drug-likeness (QED) is 0.146. The molecule has 57 heavy (non-hydrogen) atoms. The van der Waals surface area contributed by atoms with Gasteiger partial charge in [0, 0.05) is 24.2 Å². The highest BCUT2D eigenvalue weighted by Gasteiger charge is 2.38. The Labute approximate surface area is 331 Å². The van der Waals surface area contributed by atoms with Crippen LogP contribution in [-0.4, -0.2) is 106 Å². The van der Waals surface area contributed by atoms with Crippen LogP contribution in [-0.2, 0) is 19.1 Å². The fraction of sp³-hybridized carbons (Fsp3) is 0.463. The molecule has 0 radical (unpaired) electrons. The van der Waals surface area contributed by atoms with E-state index in [1.54, 1.807) is 22.2 Å². The lowest BCUT2D eigenvalue weighted by Gasteiger charge is -2.30. The molecule has 4 atom stereocenters. The fourth-order valence-electron chi connectivity index (χ4n) is 7.95. The van der Waals surface area contributed by atoms with Gasteiger partial charge < -0.3 is 49.3 Å². The molecule has 2 aromatic carbocycles. The number of aromatic nitrogens is 4. The summed E-state index contributed by atoms with van der Waals surface area (Å²) in [6.45, 7) is 7.58. The molecule has 2 saturated heterocycles. The number of amides is 4. The van der Waals surface area contributed by atoms with Crippen molar-refractivity contribution in [2.75, 3.05) is 40.5 Å². The smallest absolute Gasteiger partial charge is 0.407 e. The van der Waals surface area contributed by atoms with E-state index in [4.69, 9.17) is 23.9 Å². The van der Waals surface area contributed by atoms with Crippen LogP contribution in [0.15, 0.2) is 48.8 Å². The van der Waals surface area contributed by atoms with Crippen molar-refractivity contribution in [1.29, 1.82) is 0 Å². The van der Waals surface area contributed by atoms with Crippen molar-refractivity contribution < 1.29 is 38.1 Å². The van der Waals surface area contributed by atoms with Crippen LogP contribution >= 0.6 is 0 Å². The number of hydrogen-bond acceptors (Lipinski definition) is 10. The first-order chi connectivity index (χ1) is 27.6. The number of methoxy groups -OCH3 is 2. The van der Waals surface area contributed by atoms with E-state index in [-0.39, 0.29) is 29.8 Å². The van der Waals surface area contributed by atoms with Crippen LogP contribution in [0.5, 0.6) is 11.5 Å². The van der Waals surface area contributed by atoms with Crippen LogP contribution in [0.2, 0.25) is 0 Å². The Kier molecular flexibility index (Phi) is 11.7. The summed E-state index contributed by atoms with van der Waals surface area (Å²) in [6.07, 6.45) is 5.85. The van der Waals surface area contributed by atoms with Crippen LogP contribution in [0.25, 0.3) is 33.6 Å². The number of carbonyl (C=O) groups excluding carboxylic acids is 4. The average Bonchev–Trinajstić information content (AvgIpc) is 4.08. The number of rotatable bonds is 11. The second-order valence-electron chi connectivity index (χ2n) is 14.8. The summed E-state index contributed by atoms with van der Waals surface area (Å²) in [4.78, 5) is 70.8. The molecule has 3 aliphatic rings. The summed E-state index contributed by atoms with van der Waals surface area (Å²) in [5, 5.41) is 5.34. The minimum Gasteiger partial charge on any atom is -0.485 e. The summed E-state index contributed by atoms with van der Waals surface area (Å²) in [5.74, 6) is 2.17. The summed E-state index contributed by atoms with van der Waals surface area (Å²) < 4.78 is 21.9. The van der Waals surface area contributed by atoms with Crippen LogP contribution in [0.1, 0.15) is 76.6 Å². The van der Waals surface area contributed by atoms with Crippen molar-refractivity contribution in [3.63, 3.8) is 0 Å². The van der Waals surface area contributed by atoms with Crippen LogP contribution in [0.3, 0.4) is 0 Å². The molecule has 4 amide bonds. The highest BCUT2D eigenvalue weighted by Crippen LogP contribution is 2.46. The Morgan fingerprint density at radius 2 is 1.28 bits per heavy atom. The van der Waals surface area contributed by atoms with Crippen molar-refractivity contribution in [2.24, 2.45) is 5.92 Å². The zero-order chi connectivity index (χ0) is 40.2. The Morgan fingerprint density at radius 3 is 1.88 bits per heavy atom. The van der Waals surface area contributed by atoms with E-state index in [1.165, 1.54) is 14.2 Å². The third-order valence-electron chi connectivity index (χ3n) is 11.0. The van der Waals surface area contributed by atoms with E-state index in [0.717, 1.165) is 59.3 Å². The third kappa shape index (κ3) is 7.98. The first-order valence-electron chi connectivity index (χ1n) is 19.5. The van der Waals surface area contributed by atoms with Gasteiger partial charge in [-0.25, -0.2) is 19.6 Å². The number of imidazole rings is 2. The number of ether oxygens (including phenoxy) is 4. The number of hydrogen-bond donors (Lipinski definition) is 4. The zero-order valence-electron chi connectivity index (χ0n) is 32.9. The van der Waals surface area contributed by atoms with E-state index in [9.17, 15) is 19.2 Å². The maximum absolute atomic E-state index is 13.6. The normalized spacial score (nSPS) is 18.6. The van der Waals surface area contributed by atoms with E-state index in [1.807, 2.05) is 57.2 Å². The predicted octanol–water partition coefficient (Wildman–Crippen LogP) is 5.75. The second-order valence-corrected chi connectivity index (χ2v) is 14.8. The van der Waals surface area contributed by atoms with Gasteiger partial charge in [-0.05, 0) is 61.3 Å². The number of carbonyl (C=O) groups is 4. The highest BCUT2D eigenvalue weighted by molar-refractivity contribution is 5.87. The minimum atomic E-state index is -0.705. The standard InChI is InChI=1S/C41H50N8O8/c1-6-28(46-40(52)54-4)38(50)48-17-7-9-31(48)37-43-22-30(45-37)27-16-15-26(34-35(27)57-20-19-56-34)24-11-13-25(14-12-24)29-21-42-36(44-29)32-10-8-18-49(32)39(51)33(23(2)3)47-41(53)55-5/h11-16,21-23,28,31-33H,6-10,17-20H2,1-5H3,(H,42,44)(H,43,45)(H,46,52)(H,47,53). The monoisotopic (exact) mass is 782 g/mol. The van der Waals surface area contributed by atoms with Gasteiger partial charge in [0.25, 0.3) is 0 Å². The second kappa shape index (κ2) is 17.0. The van der Waals surface area contributed by atoms with E-state index in [2.05, 4.69) is 25.6 Å². The highest BCUT2D eigenvalue weighted by atomic mass is 16.6. The van der Waals surface area contributed by atoms with Gasteiger partial charge in [0.2, 0.25) is 11.8 Å². The first-order valence-corrected chi connectivity index (χ1v) is 19.5. The molecule has 0 bridgehead atoms. The molecule has 2 fully saturated rings. The maximum Gasteiger partial charge on any atom is 0.407 e. The van der Waals surface area contributed by atoms with E-state index >= 15 is 0 Å². The van der Waals surface area contributed by atoms with E-state index in [0.29, 0.717) is 55.9 Å². The lowest BCUT2D eigenvalue weighted by Crippen LogP contribution is -2.51. The van der Waals surface area contributed by atoms with Crippen molar-refractivity contribution in [3.8, 4) is 45.1 Å². The molecule has 4 aromatic rings. The lowest BCUT2D eigenvalue weighted by atomic mass is 9.98. The molecular weight excluding hydrogens is 732 g/mol. The molecule has 0 saturated carbocycles. The Hall–Kier alpha value is -6.06. The van der Waals surface area contributed by atoms with Gasteiger partial charge in [-0.1, -0.05) is 45.0 Å². The van der Waals surface area contributed by atoms with Crippen LogP contribution < -0.4 is 20.1 Å². The summed E-state index contributed by atoms with van der Waals surface area (Å²) in [5.41, 5.74) is 5.10. The van der Waals surface area contributed by atoms with Gasteiger partial charge in [0.05, 0.1) is 50.1 Å². The van der Waals surface area contributed by atoms with Gasteiger partial charge in [-0.3, -0.25) is 9.59 Å². The Bertz CT molecular complexity index is 2100. The first kappa shape index (κ1) is 39.2. The van der Waals surface area contributed by atoms with Crippen molar-refractivity contribution >= 4 is 24.0 Å². The van der Waals surface area contributed by atoms with Gasteiger partial charge in [-0.2, -0.15) is 0 Å². The number of aromatic amines is 2. The van der Waals surface area contributed by atoms with Gasteiger partial charge >= 0.3 is 12.2 Å². The van der Waals surface area contributed by atoms with Crippen molar-refractivity contribution in [2.45, 2.75) is 77.0 Å². The average molecular weight is 783 g/mol. The molecule has 16 heteroatoms. The number of fused-ring (bicyclic) bond motifs is 1. The molecule has 4 N–H and O–H groups in total. The molecule has 302 valence electrons. The predicted molar refractivity (Wildman–Crippen MR) is 209 cm³/mol. The van der Waals surface area contributed by atoms with E-state index < -0.39 is 24.3 Å². The number of nitrogens with one attached hydrogen (secondary N) is 4. The van der Waals surface area contributed by atoms with Crippen molar-refractivity contribution in [1.82, 2.24) is 40.4 Å². The molecule has 4 unspecified atom stereocenters. The summed E-state index contributed by atoms with van der Waals surface area (Å²) >= 11 is 0. The largest absolute Gasteiger partial charge is 0.485 e. The van der Waals surface area contributed by atoms with Crippen LogP contribution in [0, 0.1) is 5.92 Å².